The molecule has 2 aliphatic carbocycles. The Bertz CT molecular complexity index is 362. The number of hydrogen-bond acceptors (Lipinski definition) is 0. The van der Waals surface area contributed by atoms with Gasteiger partial charge in [-0.2, -0.15) is 0 Å². The number of benzene rings is 1. The Morgan fingerprint density at radius 3 is 2.12 bits per heavy atom. The molecular weight excluding hydrogens is 192 g/mol. The Kier molecular flexibility index (Phi) is 2.34. The fourth-order valence-electron chi connectivity index (χ4n) is 4.10. The van der Waals surface area contributed by atoms with Crippen LogP contribution in [0.2, 0.25) is 0 Å². The molecule has 0 N–H and O–H groups in total. The first-order chi connectivity index (χ1) is 7.66. The maximum Gasteiger partial charge on any atom is -0.00700 e. The highest BCUT2D eigenvalue weighted by Crippen LogP contribution is 2.51. The van der Waals surface area contributed by atoms with Gasteiger partial charge >= 0.3 is 0 Å². The highest BCUT2D eigenvalue weighted by Gasteiger charge is 2.41. The normalized spacial score (nSPS) is 37.6. The van der Waals surface area contributed by atoms with Crippen LogP contribution in [0.5, 0.6) is 0 Å². The second-order valence-corrected chi connectivity index (χ2v) is 6.38. The molecule has 2 fully saturated rings. The van der Waals surface area contributed by atoms with E-state index in [2.05, 4.69) is 38.1 Å². The van der Waals surface area contributed by atoms with Crippen LogP contribution in [0.4, 0.5) is 0 Å². The van der Waals surface area contributed by atoms with Crippen LogP contribution in [0.25, 0.3) is 0 Å². The second kappa shape index (κ2) is 3.61. The van der Waals surface area contributed by atoms with Crippen molar-refractivity contribution < 1.29 is 0 Å². The maximum absolute atomic E-state index is 2.49. The van der Waals surface area contributed by atoms with Gasteiger partial charge in [-0.05, 0) is 49.0 Å². The average Bonchev–Trinajstić information content (AvgIpc) is 2.59. The largest absolute Gasteiger partial charge is 0.0590 e. The molecule has 0 aromatic heterocycles. The third-order valence-corrected chi connectivity index (χ3v) is 4.88. The fraction of sp³-hybridized carbons (Fsp3) is 0.625. The fourth-order valence-corrected chi connectivity index (χ4v) is 4.10. The molecule has 3 rings (SSSR count). The van der Waals surface area contributed by atoms with Crippen molar-refractivity contribution >= 4 is 0 Å². The van der Waals surface area contributed by atoms with E-state index in [9.17, 15) is 0 Å². The summed E-state index contributed by atoms with van der Waals surface area (Å²) in [5, 5.41) is 0. The first-order valence-electron chi connectivity index (χ1n) is 6.73. The van der Waals surface area contributed by atoms with Crippen molar-refractivity contribution in [2.75, 3.05) is 0 Å². The van der Waals surface area contributed by atoms with Gasteiger partial charge in [0.05, 0.1) is 0 Å². The quantitative estimate of drug-likeness (QED) is 0.647. The number of fused-ring (bicyclic) bond motifs is 2. The minimum absolute atomic E-state index is 0.470. The third kappa shape index (κ3) is 1.69. The molecular formula is C16H22. The van der Waals surface area contributed by atoms with E-state index in [0.717, 1.165) is 11.8 Å². The highest BCUT2D eigenvalue weighted by atomic mass is 14.5. The molecule has 1 aromatic carbocycles. The van der Waals surface area contributed by atoms with Crippen molar-refractivity contribution in [3.8, 4) is 0 Å². The van der Waals surface area contributed by atoms with Gasteiger partial charge in [0.15, 0.2) is 0 Å². The lowest BCUT2D eigenvalue weighted by molar-refractivity contribution is 0.232. The molecule has 0 aliphatic heterocycles. The molecule has 2 aliphatic rings. The van der Waals surface area contributed by atoms with E-state index in [1.54, 1.807) is 5.56 Å². The zero-order chi connectivity index (χ0) is 11.2. The predicted octanol–water partition coefficient (Wildman–Crippen LogP) is 4.46. The molecule has 16 heavy (non-hydrogen) atoms. The molecule has 0 unspecified atom stereocenters. The summed E-state index contributed by atoms with van der Waals surface area (Å²) in [4.78, 5) is 0. The second-order valence-electron chi connectivity index (χ2n) is 6.38. The Balaban J connectivity index is 1.90. The van der Waals surface area contributed by atoms with Crippen LogP contribution in [0.1, 0.15) is 50.2 Å². The van der Waals surface area contributed by atoms with E-state index in [4.69, 9.17) is 0 Å². The van der Waals surface area contributed by atoms with Crippen LogP contribution in [0, 0.1) is 18.8 Å². The topological polar surface area (TPSA) is 0 Å². The molecule has 0 radical (unpaired) electrons. The number of hydrogen-bond donors (Lipinski definition) is 0. The minimum Gasteiger partial charge on any atom is -0.0590 e. The molecule has 0 heterocycles. The van der Waals surface area contributed by atoms with Crippen LogP contribution in [-0.4, -0.2) is 0 Å². The van der Waals surface area contributed by atoms with Gasteiger partial charge in [0.1, 0.15) is 0 Å². The van der Waals surface area contributed by atoms with Crippen LogP contribution in [-0.2, 0) is 5.41 Å². The van der Waals surface area contributed by atoms with E-state index in [0.29, 0.717) is 5.41 Å². The molecule has 2 atom stereocenters. The van der Waals surface area contributed by atoms with Gasteiger partial charge < -0.3 is 0 Å². The maximum atomic E-state index is 2.49. The first kappa shape index (κ1) is 10.4. The van der Waals surface area contributed by atoms with Crippen molar-refractivity contribution in [2.45, 2.75) is 51.4 Å². The molecule has 1 aromatic rings. The van der Waals surface area contributed by atoms with Crippen molar-refractivity contribution in [3.63, 3.8) is 0 Å². The monoisotopic (exact) mass is 214 g/mol. The van der Waals surface area contributed by atoms with E-state index in [1.165, 1.54) is 37.7 Å². The summed E-state index contributed by atoms with van der Waals surface area (Å²) in [5.74, 6) is 2.04. The van der Waals surface area contributed by atoms with E-state index >= 15 is 0 Å². The molecule has 2 bridgehead atoms. The van der Waals surface area contributed by atoms with Crippen molar-refractivity contribution in [3.05, 3.63) is 35.4 Å². The molecule has 0 nitrogen and oxygen atoms in total. The summed E-state index contributed by atoms with van der Waals surface area (Å²) >= 11 is 0. The Labute approximate surface area is 99.1 Å². The molecule has 0 amide bonds. The van der Waals surface area contributed by atoms with Gasteiger partial charge in [0.25, 0.3) is 0 Å². The smallest absolute Gasteiger partial charge is 0.00700 e. The van der Waals surface area contributed by atoms with Gasteiger partial charge in [0.2, 0.25) is 0 Å². The zero-order valence-electron chi connectivity index (χ0n) is 10.5. The third-order valence-electron chi connectivity index (χ3n) is 4.88. The molecule has 86 valence electrons. The number of aryl methyl sites for hydroxylation is 1. The standard InChI is InChI=1S/C16H22/c1-12-3-7-15(8-4-12)16(2)10-13-5-6-14(9-13)11-16/h3-4,7-8,13-14H,5-6,9-11H2,1-2H3/t13-,14-/m1/s1. The van der Waals surface area contributed by atoms with Gasteiger partial charge in [-0.15, -0.1) is 0 Å². The van der Waals surface area contributed by atoms with E-state index in [-0.39, 0.29) is 0 Å². The van der Waals surface area contributed by atoms with Crippen LogP contribution >= 0.6 is 0 Å². The predicted molar refractivity (Wildman–Crippen MR) is 68.6 cm³/mol. The Morgan fingerprint density at radius 1 is 1.00 bits per heavy atom. The Hall–Kier alpha value is -0.780. The molecule has 0 saturated heterocycles. The lowest BCUT2D eigenvalue weighted by Crippen LogP contribution is -2.30. The average molecular weight is 214 g/mol. The lowest BCUT2D eigenvalue weighted by Gasteiger charge is -2.38. The molecule has 0 spiro atoms. The molecule has 2 saturated carbocycles. The minimum atomic E-state index is 0.470. The zero-order valence-corrected chi connectivity index (χ0v) is 10.5. The van der Waals surface area contributed by atoms with Gasteiger partial charge in [-0.1, -0.05) is 49.6 Å². The van der Waals surface area contributed by atoms with Gasteiger partial charge in [-0.3, -0.25) is 0 Å². The summed E-state index contributed by atoms with van der Waals surface area (Å²) in [5.41, 5.74) is 3.43. The first-order valence-corrected chi connectivity index (χ1v) is 6.73. The summed E-state index contributed by atoms with van der Waals surface area (Å²) in [6.07, 6.45) is 7.35. The van der Waals surface area contributed by atoms with Gasteiger partial charge in [-0.25, -0.2) is 0 Å². The lowest BCUT2D eigenvalue weighted by atomic mass is 9.66. The number of rotatable bonds is 1. The van der Waals surface area contributed by atoms with E-state index in [1.807, 2.05) is 0 Å². The van der Waals surface area contributed by atoms with Gasteiger partial charge in [0, 0.05) is 0 Å². The summed E-state index contributed by atoms with van der Waals surface area (Å²) in [7, 11) is 0. The van der Waals surface area contributed by atoms with Crippen LogP contribution in [0.3, 0.4) is 0 Å². The van der Waals surface area contributed by atoms with Crippen molar-refractivity contribution in [2.24, 2.45) is 11.8 Å². The Morgan fingerprint density at radius 2 is 1.56 bits per heavy atom. The summed E-state index contributed by atoms with van der Waals surface area (Å²) in [6.45, 7) is 4.67. The SMILES string of the molecule is Cc1ccc(C2(C)C[C@@H]3CC[C@H](C3)C2)cc1. The van der Waals surface area contributed by atoms with Crippen molar-refractivity contribution in [1.82, 2.24) is 0 Å². The van der Waals surface area contributed by atoms with Crippen molar-refractivity contribution in [1.29, 1.82) is 0 Å². The summed E-state index contributed by atoms with van der Waals surface area (Å²) < 4.78 is 0. The summed E-state index contributed by atoms with van der Waals surface area (Å²) in [6, 6.07) is 9.27. The highest BCUT2D eigenvalue weighted by molar-refractivity contribution is 5.29. The van der Waals surface area contributed by atoms with Crippen LogP contribution in [0.15, 0.2) is 24.3 Å². The van der Waals surface area contributed by atoms with Crippen LogP contribution < -0.4 is 0 Å². The molecule has 0 heteroatoms. The van der Waals surface area contributed by atoms with E-state index < -0.39 is 0 Å².